The van der Waals surface area contributed by atoms with Gasteiger partial charge in [0, 0.05) is 17.5 Å². The summed E-state index contributed by atoms with van der Waals surface area (Å²) in [5.74, 6) is 2.30. The summed E-state index contributed by atoms with van der Waals surface area (Å²) >= 11 is 1.90. The maximum atomic E-state index is 11.7. The summed E-state index contributed by atoms with van der Waals surface area (Å²) in [6, 6.07) is 7.85. The molecule has 2 rings (SSSR count). The molecule has 1 amide bonds. The molecular weight excluding hydrogens is 220 g/mol. The van der Waals surface area contributed by atoms with Gasteiger partial charge in [-0.3, -0.25) is 4.79 Å². The highest BCUT2D eigenvalue weighted by atomic mass is 32.2. The Bertz CT molecular complexity index is 375. The van der Waals surface area contributed by atoms with Gasteiger partial charge in [0.15, 0.2) is 0 Å². The molecule has 0 aliphatic carbocycles. The molecule has 4 heteroatoms. The first-order valence-electron chi connectivity index (χ1n) is 5.45. The lowest BCUT2D eigenvalue weighted by Crippen LogP contribution is -2.35. The van der Waals surface area contributed by atoms with Gasteiger partial charge in [0.25, 0.3) is 0 Å². The standard InChI is InChI=1S/C12H16N2OS/c13-10-3-1-2-9(6-10)7-12(15)14-11-4-5-16-8-11/h1-3,6,11H,4-5,7-8,13H2,(H,14,15). The van der Waals surface area contributed by atoms with E-state index in [0.717, 1.165) is 23.5 Å². The Kier molecular flexibility index (Phi) is 3.72. The molecule has 3 nitrogen and oxygen atoms in total. The van der Waals surface area contributed by atoms with E-state index in [1.54, 1.807) is 0 Å². The summed E-state index contributed by atoms with van der Waals surface area (Å²) in [5.41, 5.74) is 7.35. The second kappa shape index (κ2) is 5.25. The van der Waals surface area contributed by atoms with Crippen molar-refractivity contribution in [1.82, 2.24) is 5.32 Å². The Morgan fingerprint density at radius 1 is 1.56 bits per heavy atom. The lowest BCUT2D eigenvalue weighted by molar-refractivity contribution is -0.120. The number of carbonyl (C=O) groups excluding carboxylic acids is 1. The number of benzene rings is 1. The predicted molar refractivity (Wildman–Crippen MR) is 68.4 cm³/mol. The molecule has 0 bridgehead atoms. The van der Waals surface area contributed by atoms with Crippen LogP contribution in [0.5, 0.6) is 0 Å². The third-order valence-corrected chi connectivity index (χ3v) is 3.77. The first kappa shape index (κ1) is 11.3. The van der Waals surface area contributed by atoms with E-state index in [-0.39, 0.29) is 5.91 Å². The van der Waals surface area contributed by atoms with Crippen LogP contribution in [0.4, 0.5) is 5.69 Å². The quantitative estimate of drug-likeness (QED) is 0.781. The van der Waals surface area contributed by atoms with Crippen LogP contribution in [0, 0.1) is 0 Å². The van der Waals surface area contributed by atoms with E-state index < -0.39 is 0 Å². The Morgan fingerprint density at radius 2 is 2.44 bits per heavy atom. The number of carbonyl (C=O) groups is 1. The molecule has 1 unspecified atom stereocenters. The molecule has 0 aromatic heterocycles. The summed E-state index contributed by atoms with van der Waals surface area (Å²) < 4.78 is 0. The van der Waals surface area contributed by atoms with E-state index in [1.807, 2.05) is 36.0 Å². The molecule has 0 spiro atoms. The van der Waals surface area contributed by atoms with Gasteiger partial charge < -0.3 is 11.1 Å². The number of nitrogens with one attached hydrogen (secondary N) is 1. The van der Waals surface area contributed by atoms with Gasteiger partial charge in [0.1, 0.15) is 0 Å². The average Bonchev–Trinajstić information content (AvgIpc) is 2.70. The minimum atomic E-state index is 0.0955. The first-order chi connectivity index (χ1) is 7.74. The number of thioether (sulfide) groups is 1. The number of nitrogens with two attached hydrogens (primary N) is 1. The van der Waals surface area contributed by atoms with Crippen LogP contribution in [0.3, 0.4) is 0 Å². The van der Waals surface area contributed by atoms with E-state index in [1.165, 1.54) is 0 Å². The molecule has 86 valence electrons. The number of hydrogen-bond donors (Lipinski definition) is 2. The molecule has 0 saturated carbocycles. The van der Waals surface area contributed by atoms with Gasteiger partial charge in [-0.2, -0.15) is 11.8 Å². The molecule has 1 aromatic rings. The molecule has 0 radical (unpaired) electrons. The number of anilines is 1. The zero-order chi connectivity index (χ0) is 11.4. The second-order valence-electron chi connectivity index (χ2n) is 4.05. The lowest BCUT2D eigenvalue weighted by Gasteiger charge is -2.11. The van der Waals surface area contributed by atoms with E-state index in [4.69, 9.17) is 5.73 Å². The zero-order valence-corrected chi connectivity index (χ0v) is 9.93. The van der Waals surface area contributed by atoms with Crippen molar-refractivity contribution < 1.29 is 4.79 Å². The van der Waals surface area contributed by atoms with Gasteiger partial charge in [-0.05, 0) is 29.9 Å². The number of hydrogen-bond acceptors (Lipinski definition) is 3. The predicted octanol–water partition coefficient (Wildman–Crippen LogP) is 1.43. The van der Waals surface area contributed by atoms with Crippen molar-refractivity contribution >= 4 is 23.4 Å². The van der Waals surface area contributed by atoms with Crippen LogP contribution in [0.25, 0.3) is 0 Å². The topological polar surface area (TPSA) is 55.1 Å². The van der Waals surface area contributed by atoms with Gasteiger partial charge in [-0.25, -0.2) is 0 Å². The van der Waals surface area contributed by atoms with Crippen LogP contribution in [-0.2, 0) is 11.2 Å². The highest BCUT2D eigenvalue weighted by molar-refractivity contribution is 7.99. The molecule has 1 aliphatic rings. The van der Waals surface area contributed by atoms with Crippen molar-refractivity contribution in [2.24, 2.45) is 0 Å². The highest BCUT2D eigenvalue weighted by Gasteiger charge is 2.17. The molecular formula is C12H16N2OS. The smallest absolute Gasteiger partial charge is 0.224 e. The van der Waals surface area contributed by atoms with Crippen LogP contribution < -0.4 is 11.1 Å². The van der Waals surface area contributed by atoms with E-state index >= 15 is 0 Å². The van der Waals surface area contributed by atoms with Crippen molar-refractivity contribution in [3.8, 4) is 0 Å². The SMILES string of the molecule is Nc1cccc(CC(=O)NC2CCSC2)c1. The van der Waals surface area contributed by atoms with Crippen LogP contribution in [0.1, 0.15) is 12.0 Å². The maximum absolute atomic E-state index is 11.7. The molecule has 3 N–H and O–H groups in total. The summed E-state index contributed by atoms with van der Waals surface area (Å²) in [5, 5.41) is 3.05. The normalized spacial score (nSPS) is 19.6. The van der Waals surface area contributed by atoms with Gasteiger partial charge in [0.2, 0.25) is 5.91 Å². The maximum Gasteiger partial charge on any atom is 0.224 e. The second-order valence-corrected chi connectivity index (χ2v) is 5.20. The first-order valence-corrected chi connectivity index (χ1v) is 6.61. The Labute approximate surface area is 99.8 Å². The van der Waals surface area contributed by atoms with Gasteiger partial charge in [0.05, 0.1) is 6.42 Å². The minimum absolute atomic E-state index is 0.0955. The molecule has 1 aliphatic heterocycles. The number of nitrogen functional groups attached to an aromatic ring is 1. The van der Waals surface area contributed by atoms with Crippen molar-refractivity contribution in [1.29, 1.82) is 0 Å². The summed E-state index contributed by atoms with van der Waals surface area (Å²) in [6.07, 6.45) is 1.51. The Balaban J connectivity index is 1.86. The third kappa shape index (κ3) is 3.17. The van der Waals surface area contributed by atoms with Crippen molar-refractivity contribution in [2.45, 2.75) is 18.9 Å². The van der Waals surface area contributed by atoms with E-state index in [9.17, 15) is 4.79 Å². The molecule has 1 saturated heterocycles. The Morgan fingerprint density at radius 3 is 3.12 bits per heavy atom. The van der Waals surface area contributed by atoms with Crippen molar-refractivity contribution in [2.75, 3.05) is 17.2 Å². The molecule has 1 fully saturated rings. The van der Waals surface area contributed by atoms with Gasteiger partial charge in [-0.15, -0.1) is 0 Å². The van der Waals surface area contributed by atoms with E-state index in [0.29, 0.717) is 18.2 Å². The largest absolute Gasteiger partial charge is 0.399 e. The summed E-state index contributed by atoms with van der Waals surface area (Å²) in [7, 11) is 0. The molecule has 1 heterocycles. The molecule has 16 heavy (non-hydrogen) atoms. The van der Waals surface area contributed by atoms with Crippen LogP contribution >= 0.6 is 11.8 Å². The van der Waals surface area contributed by atoms with E-state index in [2.05, 4.69) is 5.32 Å². The van der Waals surface area contributed by atoms with Crippen molar-refractivity contribution in [3.05, 3.63) is 29.8 Å². The number of amides is 1. The van der Waals surface area contributed by atoms with Crippen LogP contribution in [0.15, 0.2) is 24.3 Å². The fourth-order valence-electron chi connectivity index (χ4n) is 1.82. The summed E-state index contributed by atoms with van der Waals surface area (Å²) in [6.45, 7) is 0. The fraction of sp³-hybridized carbons (Fsp3) is 0.417. The van der Waals surface area contributed by atoms with Crippen LogP contribution in [0.2, 0.25) is 0 Å². The van der Waals surface area contributed by atoms with Crippen molar-refractivity contribution in [3.63, 3.8) is 0 Å². The summed E-state index contributed by atoms with van der Waals surface area (Å²) in [4.78, 5) is 11.7. The molecule has 1 aromatic carbocycles. The zero-order valence-electron chi connectivity index (χ0n) is 9.11. The van der Waals surface area contributed by atoms with Gasteiger partial charge >= 0.3 is 0 Å². The fourth-order valence-corrected chi connectivity index (χ4v) is 2.97. The highest BCUT2D eigenvalue weighted by Crippen LogP contribution is 2.17. The molecule has 1 atom stereocenters. The Hall–Kier alpha value is -1.16. The average molecular weight is 236 g/mol. The number of rotatable bonds is 3. The van der Waals surface area contributed by atoms with Crippen LogP contribution in [-0.4, -0.2) is 23.5 Å². The third-order valence-electron chi connectivity index (χ3n) is 2.61. The monoisotopic (exact) mass is 236 g/mol. The minimum Gasteiger partial charge on any atom is -0.399 e. The lowest BCUT2D eigenvalue weighted by atomic mass is 10.1. The van der Waals surface area contributed by atoms with Gasteiger partial charge in [-0.1, -0.05) is 12.1 Å².